The molecule has 0 unspecified atom stereocenters. The third-order valence-corrected chi connectivity index (χ3v) is 2.48. The summed E-state index contributed by atoms with van der Waals surface area (Å²) >= 11 is 11.5. The molecule has 16 heavy (non-hydrogen) atoms. The van der Waals surface area contributed by atoms with Gasteiger partial charge in [-0.1, -0.05) is 28.3 Å². The van der Waals surface area contributed by atoms with E-state index in [1.54, 1.807) is 12.1 Å². The van der Waals surface area contributed by atoms with Crippen LogP contribution in [0.2, 0.25) is 10.0 Å². The second-order valence-corrected chi connectivity index (χ2v) is 3.65. The van der Waals surface area contributed by atoms with E-state index in [0.717, 1.165) is 0 Å². The van der Waals surface area contributed by atoms with E-state index < -0.39 is 0 Å². The summed E-state index contributed by atoms with van der Waals surface area (Å²) in [5.74, 6) is -0.285. The first-order chi connectivity index (χ1) is 7.65. The molecule has 0 aliphatic heterocycles. The van der Waals surface area contributed by atoms with Crippen molar-refractivity contribution in [2.75, 3.05) is 13.1 Å². The van der Waals surface area contributed by atoms with Crippen LogP contribution in [-0.4, -0.2) is 19.0 Å². The number of halogens is 2. The summed E-state index contributed by atoms with van der Waals surface area (Å²) in [6.07, 6.45) is 0. The zero-order valence-electron chi connectivity index (χ0n) is 8.15. The molecule has 0 saturated heterocycles. The van der Waals surface area contributed by atoms with E-state index >= 15 is 0 Å². The minimum Gasteiger partial charge on any atom is -0.352 e. The molecule has 84 valence electrons. The van der Waals surface area contributed by atoms with Gasteiger partial charge in [0.05, 0.1) is 10.0 Å². The lowest BCUT2D eigenvalue weighted by Gasteiger charge is -2.04. The summed E-state index contributed by atoms with van der Waals surface area (Å²) in [7, 11) is 0. The lowest BCUT2D eigenvalue weighted by atomic mass is 10.2. The number of nitrogens with one attached hydrogen (secondary N) is 1. The van der Waals surface area contributed by atoms with Crippen molar-refractivity contribution in [2.45, 2.75) is 0 Å². The van der Waals surface area contributed by atoms with Gasteiger partial charge in [-0.25, -0.2) is 0 Å². The van der Waals surface area contributed by atoms with Crippen LogP contribution in [0.1, 0.15) is 10.4 Å². The molecule has 0 aromatic heterocycles. The van der Waals surface area contributed by atoms with Gasteiger partial charge in [0.2, 0.25) is 0 Å². The highest BCUT2D eigenvalue weighted by molar-refractivity contribution is 6.42. The van der Waals surface area contributed by atoms with Gasteiger partial charge in [-0.2, -0.15) is 0 Å². The zero-order chi connectivity index (χ0) is 12.0. The molecule has 0 saturated carbocycles. The van der Waals surface area contributed by atoms with Crippen molar-refractivity contribution in [3.05, 3.63) is 44.3 Å². The minimum absolute atomic E-state index is 0.212. The molecule has 5 nitrogen and oxygen atoms in total. The molecule has 0 aliphatic rings. The van der Waals surface area contributed by atoms with Gasteiger partial charge >= 0.3 is 0 Å². The topological polar surface area (TPSA) is 77.9 Å². The highest BCUT2D eigenvalue weighted by Crippen LogP contribution is 2.22. The maximum absolute atomic E-state index is 11.5. The Morgan fingerprint density at radius 2 is 2.19 bits per heavy atom. The predicted molar refractivity (Wildman–Crippen MR) is 62.8 cm³/mol. The maximum atomic E-state index is 11.5. The molecule has 7 heteroatoms. The lowest BCUT2D eigenvalue weighted by molar-refractivity contribution is 0.0955. The Balaban J connectivity index is 2.59. The molecular weight excluding hydrogens is 251 g/mol. The third-order valence-electron chi connectivity index (χ3n) is 1.74. The van der Waals surface area contributed by atoms with E-state index in [1.165, 1.54) is 6.07 Å². The number of hydrogen-bond acceptors (Lipinski definition) is 2. The number of carbonyl (C=O) groups excluding carboxylic acids is 1. The van der Waals surface area contributed by atoms with Crippen LogP contribution < -0.4 is 5.32 Å². The molecule has 1 aromatic rings. The smallest absolute Gasteiger partial charge is 0.251 e. The van der Waals surface area contributed by atoms with Gasteiger partial charge in [-0.3, -0.25) is 4.79 Å². The minimum atomic E-state index is -0.285. The fourth-order valence-corrected chi connectivity index (χ4v) is 1.30. The number of amides is 1. The Morgan fingerprint density at radius 1 is 1.44 bits per heavy atom. The van der Waals surface area contributed by atoms with Crippen molar-refractivity contribution < 1.29 is 4.79 Å². The summed E-state index contributed by atoms with van der Waals surface area (Å²) in [6, 6.07) is 4.59. The van der Waals surface area contributed by atoms with Crippen LogP contribution in [0.3, 0.4) is 0 Å². The highest BCUT2D eigenvalue weighted by Gasteiger charge is 2.06. The molecule has 0 fully saturated rings. The highest BCUT2D eigenvalue weighted by atomic mass is 35.5. The van der Waals surface area contributed by atoms with Gasteiger partial charge in [-0.05, 0) is 23.7 Å². The number of rotatable bonds is 4. The van der Waals surface area contributed by atoms with Crippen molar-refractivity contribution in [3.63, 3.8) is 0 Å². The van der Waals surface area contributed by atoms with Crippen LogP contribution in [0.5, 0.6) is 0 Å². The van der Waals surface area contributed by atoms with Crippen molar-refractivity contribution >= 4 is 29.1 Å². The van der Waals surface area contributed by atoms with E-state index in [4.69, 9.17) is 28.7 Å². The number of benzene rings is 1. The Labute approximate surface area is 102 Å². The largest absolute Gasteiger partial charge is 0.352 e. The molecule has 1 N–H and O–H groups in total. The number of carbonyl (C=O) groups is 1. The first-order valence-electron chi connectivity index (χ1n) is 4.39. The standard InChI is InChI=1S/C9H8Cl2N4O/c10-7-2-1-6(5-8(7)11)9(16)13-3-4-14-15-12/h1-2,5H,3-4H2,(H,13,16). The Kier molecular flexibility index (Phi) is 4.92. The summed E-state index contributed by atoms with van der Waals surface area (Å²) in [5.41, 5.74) is 8.44. The van der Waals surface area contributed by atoms with E-state index in [-0.39, 0.29) is 19.0 Å². The zero-order valence-corrected chi connectivity index (χ0v) is 9.66. The van der Waals surface area contributed by atoms with E-state index in [2.05, 4.69) is 15.3 Å². The fraction of sp³-hybridized carbons (Fsp3) is 0.222. The van der Waals surface area contributed by atoms with Crippen molar-refractivity contribution in [3.8, 4) is 0 Å². The van der Waals surface area contributed by atoms with Crippen LogP contribution in [0, 0.1) is 0 Å². The Morgan fingerprint density at radius 3 is 2.81 bits per heavy atom. The average molecular weight is 259 g/mol. The lowest BCUT2D eigenvalue weighted by Crippen LogP contribution is -2.25. The molecule has 1 amide bonds. The summed E-state index contributed by atoms with van der Waals surface area (Å²) in [5, 5.41) is 6.58. The second-order valence-electron chi connectivity index (χ2n) is 2.84. The normalized spacial score (nSPS) is 9.38. The van der Waals surface area contributed by atoms with E-state index in [0.29, 0.717) is 15.6 Å². The van der Waals surface area contributed by atoms with Gasteiger partial charge in [-0.15, -0.1) is 0 Å². The Hall–Kier alpha value is -1.42. The third kappa shape index (κ3) is 3.62. The first kappa shape index (κ1) is 12.6. The molecule has 1 rings (SSSR count). The average Bonchev–Trinajstić information content (AvgIpc) is 2.28. The van der Waals surface area contributed by atoms with E-state index in [9.17, 15) is 4.79 Å². The summed E-state index contributed by atoms with van der Waals surface area (Å²) < 4.78 is 0. The van der Waals surface area contributed by atoms with Crippen molar-refractivity contribution in [1.29, 1.82) is 0 Å². The van der Waals surface area contributed by atoms with Crippen molar-refractivity contribution in [1.82, 2.24) is 5.32 Å². The van der Waals surface area contributed by atoms with E-state index in [1.807, 2.05) is 0 Å². The monoisotopic (exact) mass is 258 g/mol. The second kappa shape index (κ2) is 6.23. The molecule has 1 aromatic carbocycles. The molecule has 0 heterocycles. The maximum Gasteiger partial charge on any atom is 0.251 e. The first-order valence-corrected chi connectivity index (χ1v) is 5.15. The summed E-state index contributed by atoms with van der Waals surface area (Å²) in [4.78, 5) is 14.1. The van der Waals surface area contributed by atoms with Gasteiger partial charge in [0.25, 0.3) is 5.91 Å². The molecule has 0 atom stereocenters. The number of hydrogen-bond donors (Lipinski definition) is 1. The number of nitrogens with zero attached hydrogens (tertiary/aromatic N) is 3. The molecule has 0 radical (unpaired) electrons. The van der Waals surface area contributed by atoms with Crippen LogP contribution in [-0.2, 0) is 0 Å². The molecule has 0 spiro atoms. The fourth-order valence-electron chi connectivity index (χ4n) is 1.00. The van der Waals surface area contributed by atoms with Crippen molar-refractivity contribution in [2.24, 2.45) is 5.11 Å². The van der Waals surface area contributed by atoms with Crippen LogP contribution in [0.25, 0.3) is 10.4 Å². The van der Waals surface area contributed by atoms with Gasteiger partial charge in [0, 0.05) is 23.6 Å². The molecular formula is C9H8Cl2N4O. The Bertz CT molecular complexity index is 443. The van der Waals surface area contributed by atoms with Gasteiger partial charge in [0.15, 0.2) is 0 Å². The molecule has 0 aliphatic carbocycles. The van der Waals surface area contributed by atoms with Crippen LogP contribution >= 0.6 is 23.2 Å². The van der Waals surface area contributed by atoms with Gasteiger partial charge in [0.1, 0.15) is 0 Å². The van der Waals surface area contributed by atoms with Crippen LogP contribution in [0.4, 0.5) is 0 Å². The molecule has 0 bridgehead atoms. The van der Waals surface area contributed by atoms with Gasteiger partial charge < -0.3 is 5.32 Å². The predicted octanol–water partition coefficient (Wildman–Crippen LogP) is 3.03. The summed E-state index contributed by atoms with van der Waals surface area (Å²) in [6.45, 7) is 0.493. The quantitative estimate of drug-likeness (QED) is 0.383. The SMILES string of the molecule is [N-]=[N+]=NCCNC(=O)c1ccc(Cl)c(Cl)c1. The number of azide groups is 1. The van der Waals surface area contributed by atoms with Crippen LogP contribution in [0.15, 0.2) is 23.3 Å².